The Kier molecular flexibility index (Phi) is 5.31. The van der Waals surface area contributed by atoms with E-state index in [1.165, 1.54) is 11.1 Å². The molecular weight excluding hydrogens is 352 g/mol. The van der Waals surface area contributed by atoms with E-state index in [-0.39, 0.29) is 11.1 Å². The molecule has 2 aromatic carbocycles. The molecule has 0 aromatic heterocycles. The zero-order chi connectivity index (χ0) is 16.4. The Morgan fingerprint density at radius 1 is 0.864 bits per heavy atom. The number of halogens is 1. The Hall–Kier alpha value is -0.903. The number of benzene rings is 2. The third-order valence-electron chi connectivity index (χ3n) is 4.49. The lowest BCUT2D eigenvalue weighted by molar-refractivity contribution is 0.222. The first-order chi connectivity index (χ1) is 10.2. The summed E-state index contributed by atoms with van der Waals surface area (Å²) in [6.45, 7) is 11.5. The van der Waals surface area contributed by atoms with Crippen molar-refractivity contribution in [3.05, 3.63) is 70.2 Å². The lowest BCUT2D eigenvalue weighted by Crippen LogP contribution is -2.42. The Labute approximate surface area is 144 Å². The van der Waals surface area contributed by atoms with Gasteiger partial charge in [0.15, 0.2) is 8.32 Å². The van der Waals surface area contributed by atoms with E-state index >= 15 is 0 Å². The van der Waals surface area contributed by atoms with Crippen LogP contribution in [-0.2, 0) is 4.43 Å². The van der Waals surface area contributed by atoms with Crippen LogP contribution in [0.4, 0.5) is 0 Å². The first-order valence-corrected chi connectivity index (χ1v) is 11.4. The predicted molar refractivity (Wildman–Crippen MR) is 101 cm³/mol. The highest BCUT2D eigenvalue weighted by atomic mass is 79.9. The van der Waals surface area contributed by atoms with Gasteiger partial charge in [0.25, 0.3) is 0 Å². The lowest BCUT2D eigenvalue weighted by Gasteiger charge is -2.39. The standard InChI is InChI=1S/C19H25BrOSi/c1-19(2,3)22(4,5)21-18(15-9-7-6-8-10-15)16-11-13-17(20)14-12-16/h6-14,18H,1-5H3. The molecule has 3 heteroatoms. The van der Waals surface area contributed by atoms with Gasteiger partial charge in [-0.15, -0.1) is 0 Å². The normalized spacial score (nSPS) is 13.9. The monoisotopic (exact) mass is 376 g/mol. The molecule has 1 unspecified atom stereocenters. The molecule has 1 atom stereocenters. The smallest absolute Gasteiger partial charge is 0.193 e. The first kappa shape index (κ1) is 17.5. The van der Waals surface area contributed by atoms with Crippen molar-refractivity contribution in [2.24, 2.45) is 0 Å². The highest BCUT2D eigenvalue weighted by Gasteiger charge is 2.39. The van der Waals surface area contributed by atoms with Crippen molar-refractivity contribution in [2.45, 2.75) is 45.0 Å². The van der Waals surface area contributed by atoms with Crippen LogP contribution in [0.25, 0.3) is 0 Å². The van der Waals surface area contributed by atoms with Gasteiger partial charge in [0.05, 0.1) is 6.10 Å². The molecule has 0 aliphatic rings. The zero-order valence-corrected chi connectivity index (χ0v) is 16.6. The Bertz CT molecular complexity index is 600. The third kappa shape index (κ3) is 4.09. The van der Waals surface area contributed by atoms with Crippen LogP contribution in [0.2, 0.25) is 18.1 Å². The largest absolute Gasteiger partial charge is 0.406 e. The molecule has 0 aliphatic heterocycles. The molecule has 0 amide bonds. The summed E-state index contributed by atoms with van der Waals surface area (Å²) in [5.74, 6) is 0. The number of hydrogen-bond acceptors (Lipinski definition) is 1. The fourth-order valence-corrected chi connectivity index (χ4v) is 3.54. The van der Waals surface area contributed by atoms with Crippen molar-refractivity contribution < 1.29 is 4.43 Å². The maximum absolute atomic E-state index is 6.74. The van der Waals surface area contributed by atoms with Crippen LogP contribution in [0.5, 0.6) is 0 Å². The minimum absolute atomic E-state index is 0.00445. The van der Waals surface area contributed by atoms with Gasteiger partial charge in [-0.05, 0) is 41.4 Å². The molecule has 0 bridgehead atoms. The summed E-state index contributed by atoms with van der Waals surface area (Å²) in [5, 5.41) is 0.190. The Balaban J connectivity index is 2.41. The number of hydrogen-bond donors (Lipinski definition) is 0. The van der Waals surface area contributed by atoms with E-state index in [9.17, 15) is 0 Å². The molecule has 0 saturated carbocycles. The second-order valence-electron chi connectivity index (χ2n) is 7.22. The highest BCUT2D eigenvalue weighted by molar-refractivity contribution is 9.10. The molecule has 2 aromatic rings. The summed E-state index contributed by atoms with van der Waals surface area (Å²) in [6.07, 6.45) is -0.00445. The van der Waals surface area contributed by atoms with Crippen LogP contribution in [0.15, 0.2) is 59.1 Å². The van der Waals surface area contributed by atoms with Crippen LogP contribution in [0.3, 0.4) is 0 Å². The molecule has 0 aliphatic carbocycles. The molecule has 0 heterocycles. The topological polar surface area (TPSA) is 9.23 Å². The molecular formula is C19H25BrOSi. The van der Waals surface area contributed by atoms with E-state index in [4.69, 9.17) is 4.43 Å². The molecule has 0 saturated heterocycles. The molecule has 22 heavy (non-hydrogen) atoms. The minimum atomic E-state index is -1.86. The first-order valence-electron chi connectivity index (χ1n) is 7.69. The maximum Gasteiger partial charge on any atom is 0.193 e. The van der Waals surface area contributed by atoms with E-state index in [0.717, 1.165) is 4.47 Å². The summed E-state index contributed by atoms with van der Waals surface area (Å²) in [7, 11) is -1.86. The van der Waals surface area contributed by atoms with Gasteiger partial charge in [0.1, 0.15) is 0 Å². The molecule has 1 nitrogen and oxygen atoms in total. The highest BCUT2D eigenvalue weighted by Crippen LogP contribution is 2.41. The van der Waals surface area contributed by atoms with Gasteiger partial charge in [-0.1, -0.05) is 79.2 Å². The van der Waals surface area contributed by atoms with Gasteiger partial charge < -0.3 is 4.43 Å². The van der Waals surface area contributed by atoms with Crippen LogP contribution >= 0.6 is 15.9 Å². The maximum atomic E-state index is 6.74. The summed E-state index contributed by atoms with van der Waals surface area (Å²) >= 11 is 3.51. The lowest BCUT2D eigenvalue weighted by atomic mass is 10.0. The van der Waals surface area contributed by atoms with E-state index in [1.54, 1.807) is 0 Å². The minimum Gasteiger partial charge on any atom is -0.406 e. The predicted octanol–water partition coefficient (Wildman–Crippen LogP) is 6.56. The van der Waals surface area contributed by atoms with E-state index in [2.05, 4.69) is 104 Å². The summed E-state index contributed by atoms with van der Waals surface area (Å²) in [4.78, 5) is 0. The summed E-state index contributed by atoms with van der Waals surface area (Å²) in [6, 6.07) is 19.0. The van der Waals surface area contributed by atoms with Gasteiger partial charge in [-0.2, -0.15) is 0 Å². The zero-order valence-electron chi connectivity index (χ0n) is 14.1. The van der Waals surface area contributed by atoms with Crippen molar-refractivity contribution in [1.29, 1.82) is 0 Å². The number of rotatable bonds is 4. The van der Waals surface area contributed by atoms with Crippen molar-refractivity contribution >= 4 is 24.2 Å². The van der Waals surface area contributed by atoms with Crippen LogP contribution in [0, 0.1) is 0 Å². The van der Waals surface area contributed by atoms with Crippen LogP contribution < -0.4 is 0 Å². The van der Waals surface area contributed by atoms with Crippen molar-refractivity contribution in [3.63, 3.8) is 0 Å². The van der Waals surface area contributed by atoms with Gasteiger partial charge in [0, 0.05) is 4.47 Å². The van der Waals surface area contributed by atoms with Gasteiger partial charge in [0.2, 0.25) is 0 Å². The van der Waals surface area contributed by atoms with Crippen molar-refractivity contribution in [2.75, 3.05) is 0 Å². The van der Waals surface area contributed by atoms with Crippen molar-refractivity contribution in [3.8, 4) is 0 Å². The fraction of sp³-hybridized carbons (Fsp3) is 0.368. The third-order valence-corrected chi connectivity index (χ3v) is 9.46. The Morgan fingerprint density at radius 2 is 1.36 bits per heavy atom. The summed E-state index contributed by atoms with van der Waals surface area (Å²) < 4.78 is 7.83. The van der Waals surface area contributed by atoms with Crippen molar-refractivity contribution in [1.82, 2.24) is 0 Å². The SMILES string of the molecule is CC(C)(C)[Si](C)(C)OC(c1ccccc1)c1ccc(Br)cc1. The van der Waals surface area contributed by atoms with Gasteiger partial charge in [-0.3, -0.25) is 0 Å². The van der Waals surface area contributed by atoms with Gasteiger partial charge in [-0.25, -0.2) is 0 Å². The van der Waals surface area contributed by atoms with E-state index in [0.29, 0.717) is 0 Å². The second kappa shape index (κ2) is 6.69. The molecule has 118 valence electrons. The molecule has 0 radical (unpaired) electrons. The molecule has 0 fully saturated rings. The fourth-order valence-electron chi connectivity index (χ4n) is 2.07. The average Bonchev–Trinajstić information content (AvgIpc) is 2.46. The second-order valence-corrected chi connectivity index (χ2v) is 12.9. The van der Waals surface area contributed by atoms with Gasteiger partial charge >= 0.3 is 0 Å². The molecule has 2 rings (SSSR count). The quantitative estimate of drug-likeness (QED) is 0.548. The van der Waals surface area contributed by atoms with Crippen LogP contribution in [-0.4, -0.2) is 8.32 Å². The summed E-state index contributed by atoms with van der Waals surface area (Å²) in [5.41, 5.74) is 2.42. The van der Waals surface area contributed by atoms with E-state index in [1.807, 2.05) is 0 Å². The van der Waals surface area contributed by atoms with Crippen LogP contribution in [0.1, 0.15) is 38.0 Å². The van der Waals surface area contributed by atoms with E-state index < -0.39 is 8.32 Å². The average molecular weight is 377 g/mol. The Morgan fingerprint density at radius 3 is 1.86 bits per heavy atom. The molecule has 0 N–H and O–H groups in total. The molecule has 0 spiro atoms.